The second-order valence-electron chi connectivity index (χ2n) is 5.61. The normalized spacial score (nSPS) is 25.4. The zero-order valence-electron chi connectivity index (χ0n) is 11.4. The van der Waals surface area contributed by atoms with Gasteiger partial charge in [-0.05, 0) is 26.0 Å². The van der Waals surface area contributed by atoms with Crippen LogP contribution in [0.3, 0.4) is 0 Å². The molecule has 1 aromatic rings. The van der Waals surface area contributed by atoms with Crippen molar-refractivity contribution in [2.75, 3.05) is 25.1 Å². The SMILES string of the molecule is CN(CC(C)(O)c1ccccc1)C1CCS(=O)(=O)C1. The van der Waals surface area contributed by atoms with Gasteiger partial charge in [0, 0.05) is 12.6 Å². The molecule has 0 bridgehead atoms. The van der Waals surface area contributed by atoms with E-state index < -0.39 is 15.4 Å². The minimum absolute atomic E-state index is 0.0141. The third-order valence-electron chi connectivity index (χ3n) is 3.78. The summed E-state index contributed by atoms with van der Waals surface area (Å²) in [6.45, 7) is 2.19. The molecule has 0 spiro atoms. The summed E-state index contributed by atoms with van der Waals surface area (Å²) in [7, 11) is -1.01. The summed E-state index contributed by atoms with van der Waals surface area (Å²) in [5.41, 5.74) is -0.120. The molecule has 106 valence electrons. The Hall–Kier alpha value is -0.910. The van der Waals surface area contributed by atoms with Gasteiger partial charge < -0.3 is 5.11 Å². The van der Waals surface area contributed by atoms with E-state index in [-0.39, 0.29) is 17.5 Å². The molecule has 5 heteroatoms. The lowest BCUT2D eigenvalue weighted by atomic mass is 9.95. The van der Waals surface area contributed by atoms with E-state index in [1.54, 1.807) is 6.92 Å². The van der Waals surface area contributed by atoms with Crippen molar-refractivity contribution in [3.05, 3.63) is 35.9 Å². The van der Waals surface area contributed by atoms with Crippen LogP contribution in [-0.4, -0.2) is 49.6 Å². The second-order valence-corrected chi connectivity index (χ2v) is 7.84. The maximum Gasteiger partial charge on any atom is 0.151 e. The van der Waals surface area contributed by atoms with Crippen LogP contribution in [0.4, 0.5) is 0 Å². The lowest BCUT2D eigenvalue weighted by molar-refractivity contribution is 0.0143. The first kappa shape index (κ1) is 14.5. The van der Waals surface area contributed by atoms with Crippen LogP contribution < -0.4 is 0 Å². The Morgan fingerprint density at radius 3 is 2.53 bits per heavy atom. The zero-order valence-corrected chi connectivity index (χ0v) is 12.2. The smallest absolute Gasteiger partial charge is 0.151 e. The van der Waals surface area contributed by atoms with Crippen molar-refractivity contribution in [3.63, 3.8) is 0 Å². The molecule has 0 saturated carbocycles. The number of aliphatic hydroxyl groups is 1. The van der Waals surface area contributed by atoms with Crippen LogP contribution in [0.15, 0.2) is 30.3 Å². The first-order valence-electron chi connectivity index (χ1n) is 6.49. The van der Waals surface area contributed by atoms with E-state index in [1.165, 1.54) is 0 Å². The molecule has 1 aromatic carbocycles. The van der Waals surface area contributed by atoms with Gasteiger partial charge in [-0.15, -0.1) is 0 Å². The molecule has 0 amide bonds. The number of benzene rings is 1. The van der Waals surface area contributed by atoms with Crippen molar-refractivity contribution in [1.29, 1.82) is 0 Å². The fourth-order valence-electron chi connectivity index (χ4n) is 2.63. The number of hydrogen-bond donors (Lipinski definition) is 1. The third-order valence-corrected chi connectivity index (χ3v) is 5.54. The molecule has 4 nitrogen and oxygen atoms in total. The molecule has 0 aliphatic carbocycles. The molecule has 1 aliphatic heterocycles. The van der Waals surface area contributed by atoms with E-state index in [0.29, 0.717) is 13.0 Å². The van der Waals surface area contributed by atoms with Crippen LogP contribution in [0.25, 0.3) is 0 Å². The molecule has 2 rings (SSSR count). The highest BCUT2D eigenvalue weighted by molar-refractivity contribution is 7.91. The summed E-state index contributed by atoms with van der Waals surface area (Å²) in [6, 6.07) is 9.49. The van der Waals surface area contributed by atoms with Crippen molar-refractivity contribution in [2.45, 2.75) is 25.0 Å². The molecule has 19 heavy (non-hydrogen) atoms. The highest BCUT2D eigenvalue weighted by atomic mass is 32.2. The third kappa shape index (κ3) is 3.55. The quantitative estimate of drug-likeness (QED) is 0.896. The molecule has 1 aliphatic rings. The molecule has 1 N–H and O–H groups in total. The van der Waals surface area contributed by atoms with Gasteiger partial charge in [0.25, 0.3) is 0 Å². The van der Waals surface area contributed by atoms with E-state index >= 15 is 0 Å². The molecule has 2 unspecified atom stereocenters. The molecule has 0 radical (unpaired) electrons. The molecule has 1 saturated heterocycles. The van der Waals surface area contributed by atoms with Crippen LogP contribution in [0.2, 0.25) is 0 Å². The van der Waals surface area contributed by atoms with Crippen molar-refractivity contribution < 1.29 is 13.5 Å². The summed E-state index contributed by atoms with van der Waals surface area (Å²) < 4.78 is 23.0. The lowest BCUT2D eigenvalue weighted by Crippen LogP contribution is -2.42. The van der Waals surface area contributed by atoms with Crippen molar-refractivity contribution >= 4 is 9.84 Å². The van der Waals surface area contributed by atoms with Crippen LogP contribution in [0.1, 0.15) is 18.9 Å². The van der Waals surface area contributed by atoms with Gasteiger partial charge in [-0.2, -0.15) is 0 Å². The zero-order chi connectivity index (χ0) is 14.1. The average Bonchev–Trinajstić information content (AvgIpc) is 2.70. The Morgan fingerprint density at radius 1 is 1.37 bits per heavy atom. The monoisotopic (exact) mass is 283 g/mol. The minimum atomic E-state index is -2.88. The molecule has 0 aromatic heterocycles. The van der Waals surface area contributed by atoms with E-state index in [4.69, 9.17) is 0 Å². The topological polar surface area (TPSA) is 57.6 Å². The van der Waals surface area contributed by atoms with E-state index in [9.17, 15) is 13.5 Å². The van der Waals surface area contributed by atoms with Gasteiger partial charge in [0.2, 0.25) is 0 Å². The Balaban J connectivity index is 2.04. The summed E-state index contributed by atoms with van der Waals surface area (Å²) in [4.78, 5) is 1.96. The number of rotatable bonds is 4. The Labute approximate surface area is 115 Å². The Bertz CT molecular complexity index is 525. The van der Waals surface area contributed by atoms with Gasteiger partial charge in [-0.1, -0.05) is 30.3 Å². The Morgan fingerprint density at radius 2 is 2.00 bits per heavy atom. The minimum Gasteiger partial charge on any atom is -0.384 e. The van der Waals surface area contributed by atoms with Gasteiger partial charge in [-0.3, -0.25) is 4.90 Å². The fraction of sp³-hybridized carbons (Fsp3) is 0.571. The molecule has 1 heterocycles. The maximum atomic E-state index is 11.5. The first-order chi connectivity index (χ1) is 8.80. The van der Waals surface area contributed by atoms with Crippen molar-refractivity contribution in [1.82, 2.24) is 4.90 Å². The Kier molecular flexibility index (Phi) is 3.99. The molecule has 2 atom stereocenters. The highest BCUT2D eigenvalue weighted by Gasteiger charge is 2.34. The fourth-order valence-corrected chi connectivity index (χ4v) is 4.43. The largest absolute Gasteiger partial charge is 0.384 e. The first-order valence-corrected chi connectivity index (χ1v) is 8.31. The maximum absolute atomic E-state index is 11.5. The standard InChI is InChI=1S/C14H21NO3S/c1-14(16,12-6-4-3-5-7-12)11-15(2)13-8-9-19(17,18)10-13/h3-7,13,16H,8-11H2,1-2H3. The number of nitrogens with zero attached hydrogens (tertiary/aromatic N) is 1. The molecular formula is C14H21NO3S. The van der Waals surface area contributed by atoms with Gasteiger partial charge in [0.05, 0.1) is 17.1 Å². The number of likely N-dealkylation sites (N-methyl/N-ethyl adjacent to an activating group) is 1. The van der Waals surface area contributed by atoms with E-state index in [0.717, 1.165) is 5.56 Å². The van der Waals surface area contributed by atoms with Crippen LogP contribution in [0.5, 0.6) is 0 Å². The molecule has 1 fully saturated rings. The summed E-state index contributed by atoms with van der Waals surface area (Å²) in [5, 5.41) is 10.6. The molecular weight excluding hydrogens is 262 g/mol. The van der Waals surface area contributed by atoms with Gasteiger partial charge in [0.1, 0.15) is 0 Å². The van der Waals surface area contributed by atoms with Crippen molar-refractivity contribution in [2.24, 2.45) is 0 Å². The second kappa shape index (κ2) is 5.23. The van der Waals surface area contributed by atoms with Gasteiger partial charge in [-0.25, -0.2) is 8.42 Å². The number of hydrogen-bond acceptors (Lipinski definition) is 4. The van der Waals surface area contributed by atoms with Crippen LogP contribution >= 0.6 is 0 Å². The predicted octanol–water partition coefficient (Wildman–Crippen LogP) is 1.01. The van der Waals surface area contributed by atoms with Gasteiger partial charge in [0.15, 0.2) is 9.84 Å². The number of sulfone groups is 1. The summed E-state index contributed by atoms with van der Waals surface area (Å²) in [6.07, 6.45) is 0.656. The van der Waals surface area contributed by atoms with Gasteiger partial charge >= 0.3 is 0 Å². The van der Waals surface area contributed by atoms with Crippen molar-refractivity contribution in [3.8, 4) is 0 Å². The van der Waals surface area contributed by atoms with E-state index in [2.05, 4.69) is 0 Å². The summed E-state index contributed by atoms with van der Waals surface area (Å²) in [5.74, 6) is 0.462. The average molecular weight is 283 g/mol. The predicted molar refractivity (Wildman–Crippen MR) is 75.7 cm³/mol. The van der Waals surface area contributed by atoms with Crippen LogP contribution in [0, 0.1) is 0 Å². The summed E-state index contributed by atoms with van der Waals surface area (Å²) >= 11 is 0. The highest BCUT2D eigenvalue weighted by Crippen LogP contribution is 2.24. The van der Waals surface area contributed by atoms with E-state index in [1.807, 2.05) is 42.3 Å². The lowest BCUT2D eigenvalue weighted by Gasteiger charge is -2.32. The van der Waals surface area contributed by atoms with Crippen LogP contribution in [-0.2, 0) is 15.4 Å².